The van der Waals surface area contributed by atoms with E-state index in [0.717, 1.165) is 12.0 Å². The number of hydrogen-bond acceptors (Lipinski definition) is 5. The van der Waals surface area contributed by atoms with E-state index < -0.39 is 15.9 Å². The van der Waals surface area contributed by atoms with Crippen LogP contribution < -0.4 is 14.8 Å². The number of aryl methyl sites for hydroxylation is 1. The molecule has 0 unspecified atom stereocenters. The molecule has 0 spiro atoms. The van der Waals surface area contributed by atoms with Crippen molar-refractivity contribution < 1.29 is 22.7 Å². The maximum atomic E-state index is 12.4. The van der Waals surface area contributed by atoms with Crippen LogP contribution in [0.4, 0.5) is 5.69 Å². The van der Waals surface area contributed by atoms with Crippen molar-refractivity contribution in [3.63, 3.8) is 0 Å². The fourth-order valence-electron chi connectivity index (χ4n) is 3.03. The third kappa shape index (κ3) is 4.28. The van der Waals surface area contributed by atoms with E-state index in [1.54, 1.807) is 30.3 Å². The molecule has 27 heavy (non-hydrogen) atoms. The summed E-state index contributed by atoms with van der Waals surface area (Å²) in [6.45, 7) is 0.286. The number of ether oxygens (including phenoxy) is 1. The predicted octanol–water partition coefficient (Wildman–Crippen LogP) is 1.76. The summed E-state index contributed by atoms with van der Waals surface area (Å²) in [6.07, 6.45) is 2.61. The molecule has 0 fully saturated rings. The summed E-state index contributed by atoms with van der Waals surface area (Å²) in [7, 11) is -3.34. The van der Waals surface area contributed by atoms with Crippen molar-refractivity contribution in [3.05, 3.63) is 59.2 Å². The van der Waals surface area contributed by atoms with Gasteiger partial charge in [-0.15, -0.1) is 0 Å². The van der Waals surface area contributed by atoms with Gasteiger partial charge in [-0.05, 0) is 60.9 Å². The molecule has 1 amide bonds. The van der Waals surface area contributed by atoms with Crippen LogP contribution in [0.25, 0.3) is 0 Å². The Labute approximate surface area is 157 Å². The van der Waals surface area contributed by atoms with Gasteiger partial charge in [0, 0.05) is 17.7 Å². The average Bonchev–Trinajstić information content (AvgIpc) is 2.64. The van der Waals surface area contributed by atoms with Gasteiger partial charge < -0.3 is 10.5 Å². The Morgan fingerprint density at radius 1 is 1.11 bits per heavy atom. The smallest absolute Gasteiger partial charge is 0.248 e. The van der Waals surface area contributed by atoms with Gasteiger partial charge in [-0.1, -0.05) is 0 Å². The van der Waals surface area contributed by atoms with Crippen molar-refractivity contribution in [1.29, 1.82) is 0 Å². The number of anilines is 1. The minimum atomic E-state index is -3.34. The Bertz CT molecular complexity index is 984. The summed E-state index contributed by atoms with van der Waals surface area (Å²) in [5.41, 5.74) is 7.47. The zero-order chi connectivity index (χ0) is 19.6. The minimum absolute atomic E-state index is 0.162. The molecule has 3 rings (SSSR count). The molecule has 2 aromatic rings. The van der Waals surface area contributed by atoms with Gasteiger partial charge in [0.25, 0.3) is 0 Å². The molecule has 2 aromatic carbocycles. The second-order valence-corrected chi connectivity index (χ2v) is 8.29. The van der Waals surface area contributed by atoms with Gasteiger partial charge in [0.1, 0.15) is 5.75 Å². The standard InChI is InChI=1S/C19H20N2O5S/c1-27(24,25)21-10-2-3-14-11-15(6-9-17(14)21)18(22)12-26-16-7-4-13(5-8-16)19(20)23/h4-9,11H,2-3,10,12H2,1H3,(H2,20,23). The van der Waals surface area contributed by atoms with E-state index in [0.29, 0.717) is 35.5 Å². The van der Waals surface area contributed by atoms with Crippen LogP contribution in [-0.4, -0.2) is 39.5 Å². The van der Waals surface area contributed by atoms with E-state index in [9.17, 15) is 18.0 Å². The SMILES string of the molecule is CS(=O)(=O)N1CCCc2cc(C(=O)COc3ccc(C(N)=O)cc3)ccc21. The van der Waals surface area contributed by atoms with E-state index in [2.05, 4.69) is 0 Å². The number of Topliss-reactive ketones (excluding diaryl/α,β-unsaturated/α-hetero) is 1. The number of primary amides is 1. The second-order valence-electron chi connectivity index (χ2n) is 6.38. The summed E-state index contributed by atoms with van der Waals surface area (Å²) in [4.78, 5) is 23.5. The summed E-state index contributed by atoms with van der Waals surface area (Å²) >= 11 is 0. The minimum Gasteiger partial charge on any atom is -0.485 e. The first kappa shape index (κ1) is 18.9. The summed E-state index contributed by atoms with van der Waals surface area (Å²) in [5.74, 6) is -0.294. The van der Waals surface area contributed by atoms with E-state index in [1.807, 2.05) is 0 Å². The molecule has 7 nitrogen and oxygen atoms in total. The Hall–Kier alpha value is -2.87. The molecule has 0 bridgehead atoms. The predicted molar refractivity (Wildman–Crippen MR) is 102 cm³/mol. The highest BCUT2D eigenvalue weighted by Crippen LogP contribution is 2.30. The van der Waals surface area contributed by atoms with Crippen LogP contribution in [0.3, 0.4) is 0 Å². The third-order valence-electron chi connectivity index (χ3n) is 4.39. The van der Waals surface area contributed by atoms with Crippen molar-refractivity contribution in [3.8, 4) is 5.75 Å². The van der Waals surface area contributed by atoms with Crippen molar-refractivity contribution >= 4 is 27.4 Å². The maximum absolute atomic E-state index is 12.4. The van der Waals surface area contributed by atoms with Gasteiger partial charge in [0.2, 0.25) is 15.9 Å². The monoisotopic (exact) mass is 388 g/mol. The van der Waals surface area contributed by atoms with Crippen LogP contribution in [-0.2, 0) is 16.4 Å². The van der Waals surface area contributed by atoms with Crippen molar-refractivity contribution in [1.82, 2.24) is 0 Å². The van der Waals surface area contributed by atoms with Crippen molar-refractivity contribution in [2.45, 2.75) is 12.8 Å². The molecule has 2 N–H and O–H groups in total. The first-order valence-electron chi connectivity index (χ1n) is 8.42. The van der Waals surface area contributed by atoms with Gasteiger partial charge in [0.15, 0.2) is 12.4 Å². The lowest BCUT2D eigenvalue weighted by molar-refractivity contribution is 0.0920. The molecule has 142 valence electrons. The lowest BCUT2D eigenvalue weighted by Gasteiger charge is -2.29. The van der Waals surface area contributed by atoms with Gasteiger partial charge in [-0.2, -0.15) is 0 Å². The number of hydrogen-bond donors (Lipinski definition) is 1. The molecule has 0 atom stereocenters. The molecule has 0 aromatic heterocycles. The van der Waals surface area contributed by atoms with Crippen molar-refractivity contribution in [2.24, 2.45) is 5.73 Å². The topological polar surface area (TPSA) is 107 Å². The number of fused-ring (bicyclic) bond motifs is 1. The third-order valence-corrected chi connectivity index (χ3v) is 5.57. The number of carbonyl (C=O) groups excluding carboxylic acids is 2. The lowest BCUT2D eigenvalue weighted by Crippen LogP contribution is -2.34. The Balaban J connectivity index is 1.71. The highest BCUT2D eigenvalue weighted by molar-refractivity contribution is 7.92. The normalized spacial score (nSPS) is 13.7. The Morgan fingerprint density at radius 2 is 1.78 bits per heavy atom. The molecule has 0 saturated heterocycles. The van der Waals surface area contributed by atoms with Crippen LogP contribution >= 0.6 is 0 Å². The first-order valence-corrected chi connectivity index (χ1v) is 10.3. The highest BCUT2D eigenvalue weighted by atomic mass is 32.2. The van der Waals surface area contributed by atoms with Gasteiger partial charge in [-0.25, -0.2) is 8.42 Å². The molecular formula is C19H20N2O5S. The molecule has 1 heterocycles. The number of amides is 1. The summed E-state index contributed by atoms with van der Waals surface area (Å²) < 4.78 is 30.6. The van der Waals surface area contributed by atoms with Gasteiger partial charge >= 0.3 is 0 Å². The largest absolute Gasteiger partial charge is 0.485 e. The molecule has 8 heteroatoms. The fraction of sp³-hybridized carbons (Fsp3) is 0.263. The van der Waals surface area contributed by atoms with E-state index in [1.165, 1.54) is 22.7 Å². The Kier molecular flexibility index (Phi) is 5.18. The van der Waals surface area contributed by atoms with Crippen LogP contribution in [0, 0.1) is 0 Å². The number of rotatable bonds is 6. The average molecular weight is 388 g/mol. The number of nitrogens with two attached hydrogens (primary N) is 1. The van der Waals surface area contributed by atoms with Crippen LogP contribution in [0.15, 0.2) is 42.5 Å². The van der Waals surface area contributed by atoms with Crippen LogP contribution in [0.5, 0.6) is 5.75 Å². The van der Waals surface area contributed by atoms with E-state index in [4.69, 9.17) is 10.5 Å². The van der Waals surface area contributed by atoms with Gasteiger partial charge in [-0.3, -0.25) is 13.9 Å². The molecule has 0 aliphatic carbocycles. The number of ketones is 1. The maximum Gasteiger partial charge on any atom is 0.248 e. The lowest BCUT2D eigenvalue weighted by atomic mass is 9.99. The number of nitrogens with zero attached hydrogens (tertiary/aromatic N) is 1. The zero-order valence-electron chi connectivity index (χ0n) is 14.8. The second kappa shape index (κ2) is 7.40. The Morgan fingerprint density at radius 3 is 2.41 bits per heavy atom. The zero-order valence-corrected chi connectivity index (χ0v) is 15.7. The van der Waals surface area contributed by atoms with Gasteiger partial charge in [0.05, 0.1) is 11.9 Å². The summed E-state index contributed by atoms with van der Waals surface area (Å²) in [5, 5.41) is 0. The number of carbonyl (C=O) groups is 2. The van der Waals surface area contributed by atoms with Crippen LogP contribution in [0.2, 0.25) is 0 Å². The molecule has 1 aliphatic rings. The van der Waals surface area contributed by atoms with Crippen LogP contribution in [0.1, 0.15) is 32.7 Å². The molecule has 1 aliphatic heterocycles. The van der Waals surface area contributed by atoms with Crippen molar-refractivity contribution in [2.75, 3.05) is 23.7 Å². The summed E-state index contributed by atoms with van der Waals surface area (Å²) in [6, 6.07) is 11.2. The van der Waals surface area contributed by atoms with E-state index in [-0.39, 0.29) is 12.4 Å². The quantitative estimate of drug-likeness (QED) is 0.759. The number of sulfonamides is 1. The molecule has 0 saturated carbocycles. The highest BCUT2D eigenvalue weighted by Gasteiger charge is 2.24. The first-order chi connectivity index (χ1) is 12.8. The molecule has 0 radical (unpaired) electrons. The van der Waals surface area contributed by atoms with E-state index >= 15 is 0 Å². The molecular weight excluding hydrogens is 368 g/mol. The number of benzene rings is 2. The fourth-order valence-corrected chi connectivity index (χ4v) is 4.02.